The van der Waals surface area contributed by atoms with Crippen molar-refractivity contribution < 1.29 is 4.79 Å². The number of nitrogens with one attached hydrogen (secondary N) is 2. The topological polar surface area (TPSA) is 41.1 Å². The van der Waals surface area contributed by atoms with Crippen molar-refractivity contribution in [3.8, 4) is 0 Å². The smallest absolute Gasteiger partial charge is 0.314 e. The molecule has 3 nitrogen and oxygen atoms in total. The van der Waals surface area contributed by atoms with E-state index in [1.54, 1.807) is 0 Å². The molecular weight excluding hydrogens is 260 g/mol. The van der Waals surface area contributed by atoms with E-state index in [1.165, 1.54) is 31.2 Å². The molecule has 1 aromatic carbocycles. The molecule has 0 radical (unpaired) electrons. The molecule has 1 aliphatic rings. The van der Waals surface area contributed by atoms with Gasteiger partial charge in [0.15, 0.2) is 0 Å². The quantitative estimate of drug-likeness (QED) is 0.785. The maximum atomic E-state index is 11.8. The van der Waals surface area contributed by atoms with Crippen molar-refractivity contribution >= 4 is 6.03 Å². The van der Waals surface area contributed by atoms with Crippen molar-refractivity contribution in [2.75, 3.05) is 6.54 Å². The monoisotopic (exact) mass is 288 g/mol. The van der Waals surface area contributed by atoms with Crippen LogP contribution in [0.5, 0.6) is 0 Å². The van der Waals surface area contributed by atoms with Gasteiger partial charge in [-0.1, -0.05) is 56.0 Å². The third-order valence-electron chi connectivity index (χ3n) is 4.40. The first-order valence-corrected chi connectivity index (χ1v) is 8.32. The van der Waals surface area contributed by atoms with E-state index < -0.39 is 0 Å². The molecule has 1 saturated carbocycles. The third kappa shape index (κ3) is 6.19. The highest BCUT2D eigenvalue weighted by molar-refractivity contribution is 5.74. The minimum atomic E-state index is -0.0199. The van der Waals surface area contributed by atoms with Crippen molar-refractivity contribution in [2.45, 2.75) is 57.9 Å². The van der Waals surface area contributed by atoms with Crippen molar-refractivity contribution in [1.29, 1.82) is 0 Å². The van der Waals surface area contributed by atoms with Gasteiger partial charge in [0, 0.05) is 12.6 Å². The standard InChI is InChI=1S/C18H28N2O/c1-15(11-12-16-7-3-2-4-8-16)20-18(21)19-14-13-17-9-5-6-10-17/h2-4,7-8,15,17H,5-6,9-14H2,1H3,(H2,19,20,21)/t15-/m1/s1. The van der Waals surface area contributed by atoms with Gasteiger partial charge in [0.25, 0.3) is 0 Å². The number of hydrogen-bond acceptors (Lipinski definition) is 1. The average Bonchev–Trinajstić information content (AvgIpc) is 2.99. The van der Waals surface area contributed by atoms with Gasteiger partial charge in [-0.05, 0) is 37.7 Å². The summed E-state index contributed by atoms with van der Waals surface area (Å²) in [5.74, 6) is 0.834. The summed E-state index contributed by atoms with van der Waals surface area (Å²) in [7, 11) is 0. The van der Waals surface area contributed by atoms with Gasteiger partial charge in [0.2, 0.25) is 0 Å². The van der Waals surface area contributed by atoms with Crippen molar-refractivity contribution in [3.05, 3.63) is 35.9 Å². The summed E-state index contributed by atoms with van der Waals surface area (Å²) in [4.78, 5) is 11.8. The molecule has 1 aromatic rings. The van der Waals surface area contributed by atoms with Crippen LogP contribution >= 0.6 is 0 Å². The Morgan fingerprint density at radius 3 is 2.67 bits per heavy atom. The Kier molecular flexibility index (Phi) is 6.58. The summed E-state index contributed by atoms with van der Waals surface area (Å²) < 4.78 is 0. The zero-order valence-corrected chi connectivity index (χ0v) is 13.1. The van der Waals surface area contributed by atoms with Gasteiger partial charge in [-0.3, -0.25) is 0 Å². The number of carbonyl (C=O) groups excluding carboxylic acids is 1. The van der Waals surface area contributed by atoms with Gasteiger partial charge in [-0.2, -0.15) is 0 Å². The fourth-order valence-electron chi connectivity index (χ4n) is 3.06. The van der Waals surface area contributed by atoms with Gasteiger partial charge < -0.3 is 10.6 Å². The van der Waals surface area contributed by atoms with E-state index in [9.17, 15) is 4.79 Å². The van der Waals surface area contributed by atoms with Crippen LogP contribution in [0.4, 0.5) is 4.79 Å². The predicted octanol–water partition coefficient (Wildman–Crippen LogP) is 3.89. The fourth-order valence-corrected chi connectivity index (χ4v) is 3.06. The second-order valence-corrected chi connectivity index (χ2v) is 6.26. The highest BCUT2D eigenvalue weighted by Crippen LogP contribution is 2.26. The molecule has 0 bridgehead atoms. The second kappa shape index (κ2) is 8.71. The van der Waals surface area contributed by atoms with E-state index in [0.717, 1.165) is 31.7 Å². The molecule has 1 aliphatic carbocycles. The van der Waals surface area contributed by atoms with Crippen molar-refractivity contribution in [2.24, 2.45) is 5.92 Å². The number of hydrogen-bond donors (Lipinski definition) is 2. The molecule has 2 N–H and O–H groups in total. The lowest BCUT2D eigenvalue weighted by Gasteiger charge is -2.15. The maximum absolute atomic E-state index is 11.8. The lowest BCUT2D eigenvalue weighted by atomic mass is 10.0. The number of benzene rings is 1. The average molecular weight is 288 g/mol. The number of carbonyl (C=O) groups is 1. The SMILES string of the molecule is C[C@H](CCc1ccccc1)NC(=O)NCCC1CCCC1. The lowest BCUT2D eigenvalue weighted by molar-refractivity contribution is 0.236. The van der Waals surface area contributed by atoms with Gasteiger partial charge in [0.1, 0.15) is 0 Å². The minimum absolute atomic E-state index is 0.0199. The number of urea groups is 1. The van der Waals surface area contributed by atoms with E-state index in [-0.39, 0.29) is 12.1 Å². The third-order valence-corrected chi connectivity index (χ3v) is 4.40. The number of aryl methyl sites for hydroxylation is 1. The van der Waals surface area contributed by atoms with E-state index in [2.05, 4.69) is 41.8 Å². The summed E-state index contributed by atoms with van der Waals surface area (Å²) in [5, 5.41) is 6.01. The van der Waals surface area contributed by atoms with Crippen LogP contribution in [-0.4, -0.2) is 18.6 Å². The Bertz CT molecular complexity index is 412. The van der Waals surface area contributed by atoms with Crippen LogP contribution in [-0.2, 0) is 6.42 Å². The van der Waals surface area contributed by atoms with Crippen LogP contribution < -0.4 is 10.6 Å². The molecule has 0 aliphatic heterocycles. The largest absolute Gasteiger partial charge is 0.338 e. The molecule has 0 saturated heterocycles. The normalized spacial score (nSPS) is 16.6. The Morgan fingerprint density at radius 1 is 1.24 bits per heavy atom. The highest BCUT2D eigenvalue weighted by atomic mass is 16.2. The van der Waals surface area contributed by atoms with E-state index >= 15 is 0 Å². The second-order valence-electron chi connectivity index (χ2n) is 6.26. The summed E-state index contributed by atoms with van der Waals surface area (Å²) >= 11 is 0. The lowest BCUT2D eigenvalue weighted by Crippen LogP contribution is -2.41. The Balaban J connectivity index is 1.56. The van der Waals surface area contributed by atoms with Gasteiger partial charge in [0.05, 0.1) is 0 Å². The van der Waals surface area contributed by atoms with Crippen LogP contribution in [0, 0.1) is 5.92 Å². The summed E-state index contributed by atoms with van der Waals surface area (Å²) in [5.41, 5.74) is 1.33. The first kappa shape index (κ1) is 15.9. The molecule has 0 heterocycles. The van der Waals surface area contributed by atoms with Crippen LogP contribution in [0.15, 0.2) is 30.3 Å². The van der Waals surface area contributed by atoms with E-state index in [1.807, 2.05) is 6.07 Å². The molecule has 0 aromatic heterocycles. The fraction of sp³-hybridized carbons (Fsp3) is 0.611. The molecular formula is C18H28N2O. The molecule has 1 fully saturated rings. The Morgan fingerprint density at radius 2 is 1.95 bits per heavy atom. The highest BCUT2D eigenvalue weighted by Gasteiger charge is 2.15. The first-order chi connectivity index (χ1) is 10.2. The summed E-state index contributed by atoms with van der Waals surface area (Å²) in [6.45, 7) is 2.88. The molecule has 2 rings (SSSR count). The predicted molar refractivity (Wildman–Crippen MR) is 87.3 cm³/mol. The molecule has 0 unspecified atom stereocenters. The summed E-state index contributed by atoms with van der Waals surface area (Å²) in [6.07, 6.45) is 8.53. The van der Waals surface area contributed by atoms with Crippen LogP contribution in [0.2, 0.25) is 0 Å². The molecule has 0 spiro atoms. The Hall–Kier alpha value is -1.51. The Labute approximate surface area is 128 Å². The van der Waals surface area contributed by atoms with Gasteiger partial charge in [-0.15, -0.1) is 0 Å². The molecule has 1 atom stereocenters. The summed E-state index contributed by atoms with van der Waals surface area (Å²) in [6, 6.07) is 10.6. The number of amides is 2. The molecule has 21 heavy (non-hydrogen) atoms. The molecule has 2 amide bonds. The van der Waals surface area contributed by atoms with E-state index in [4.69, 9.17) is 0 Å². The maximum Gasteiger partial charge on any atom is 0.314 e. The molecule has 3 heteroatoms. The van der Waals surface area contributed by atoms with Crippen molar-refractivity contribution in [1.82, 2.24) is 10.6 Å². The van der Waals surface area contributed by atoms with Crippen LogP contribution in [0.1, 0.15) is 51.0 Å². The first-order valence-electron chi connectivity index (χ1n) is 8.32. The number of rotatable bonds is 7. The minimum Gasteiger partial charge on any atom is -0.338 e. The zero-order chi connectivity index (χ0) is 14.9. The van der Waals surface area contributed by atoms with E-state index in [0.29, 0.717) is 0 Å². The van der Waals surface area contributed by atoms with Crippen LogP contribution in [0.25, 0.3) is 0 Å². The van der Waals surface area contributed by atoms with Crippen molar-refractivity contribution in [3.63, 3.8) is 0 Å². The molecule has 116 valence electrons. The zero-order valence-electron chi connectivity index (χ0n) is 13.1. The van der Waals surface area contributed by atoms with Gasteiger partial charge in [-0.25, -0.2) is 4.79 Å². The van der Waals surface area contributed by atoms with Gasteiger partial charge >= 0.3 is 6.03 Å². The van der Waals surface area contributed by atoms with Crippen LogP contribution in [0.3, 0.4) is 0 Å².